The summed E-state index contributed by atoms with van der Waals surface area (Å²) in [5.74, 6) is 0.369. The van der Waals surface area contributed by atoms with Gasteiger partial charge in [-0.1, -0.05) is 0 Å². The lowest BCUT2D eigenvalue weighted by Gasteiger charge is -2.20. The van der Waals surface area contributed by atoms with Crippen LogP contribution < -0.4 is 14.8 Å². The molecule has 158 valence electrons. The number of fused-ring (bicyclic) bond motifs is 1. The summed E-state index contributed by atoms with van der Waals surface area (Å²) in [6, 6.07) is 4.66. The van der Waals surface area contributed by atoms with E-state index in [1.54, 1.807) is 13.1 Å². The Morgan fingerprint density at radius 2 is 2.10 bits per heavy atom. The maximum Gasteiger partial charge on any atom is 0.417 e. The van der Waals surface area contributed by atoms with Crippen molar-refractivity contribution >= 4 is 17.5 Å². The summed E-state index contributed by atoms with van der Waals surface area (Å²) in [5, 5.41) is 2.78. The van der Waals surface area contributed by atoms with E-state index in [0.29, 0.717) is 49.3 Å². The first-order valence-electron chi connectivity index (χ1n) is 9.30. The zero-order valence-electron chi connectivity index (χ0n) is 16.0. The number of hydrogen-bond acceptors (Lipinski definition) is 5. The van der Waals surface area contributed by atoms with Gasteiger partial charge >= 0.3 is 6.18 Å². The molecule has 2 aliphatic heterocycles. The highest BCUT2D eigenvalue weighted by Crippen LogP contribution is 2.39. The minimum Gasteiger partial charge on any atom is -0.491 e. The van der Waals surface area contributed by atoms with Crippen LogP contribution in [0.15, 0.2) is 30.5 Å². The number of alkyl halides is 3. The molecule has 0 radical (unpaired) electrons. The molecule has 2 aliphatic rings. The van der Waals surface area contributed by atoms with Gasteiger partial charge in [-0.05, 0) is 18.6 Å². The molecular formula is C20H18F3N3O4. The second-order valence-electron chi connectivity index (χ2n) is 7.09. The number of carbonyl (C=O) groups is 2. The van der Waals surface area contributed by atoms with Crippen LogP contribution in [0.1, 0.15) is 24.0 Å². The van der Waals surface area contributed by atoms with Gasteiger partial charge in [-0.3, -0.25) is 9.59 Å². The number of carbonyl (C=O) groups excluding carboxylic acids is 2. The minimum absolute atomic E-state index is 0.0136. The number of nitrogens with one attached hydrogen (secondary N) is 1. The number of likely N-dealkylation sites (tertiary alicyclic amines) is 1. The number of amides is 2. The molecule has 1 saturated heterocycles. The third-order valence-electron chi connectivity index (χ3n) is 5.10. The number of benzene rings is 1. The van der Waals surface area contributed by atoms with Gasteiger partial charge in [-0.25, -0.2) is 4.98 Å². The smallest absolute Gasteiger partial charge is 0.417 e. The quantitative estimate of drug-likeness (QED) is 0.819. The molecule has 0 saturated carbocycles. The fraction of sp³-hybridized carbons (Fsp3) is 0.350. The summed E-state index contributed by atoms with van der Waals surface area (Å²) in [6.07, 6.45) is -2.45. The summed E-state index contributed by atoms with van der Waals surface area (Å²) in [6.45, 7) is 0.433. The number of aromatic nitrogens is 1. The van der Waals surface area contributed by atoms with Crippen LogP contribution in [-0.4, -0.2) is 41.4 Å². The van der Waals surface area contributed by atoms with Crippen molar-refractivity contribution in [1.29, 1.82) is 0 Å². The van der Waals surface area contributed by atoms with Crippen molar-refractivity contribution in [3.8, 4) is 17.4 Å². The van der Waals surface area contributed by atoms with E-state index in [1.807, 2.05) is 0 Å². The zero-order chi connectivity index (χ0) is 21.5. The Morgan fingerprint density at radius 3 is 2.73 bits per heavy atom. The average molecular weight is 421 g/mol. The van der Waals surface area contributed by atoms with Gasteiger partial charge in [0.2, 0.25) is 17.7 Å². The van der Waals surface area contributed by atoms with Crippen LogP contribution >= 0.6 is 0 Å². The number of halogens is 3. The van der Waals surface area contributed by atoms with Crippen LogP contribution in [0.5, 0.6) is 17.4 Å². The number of likely N-dealkylation sites (N-methyl/N-ethyl adjacent to an activating group) is 1. The Kier molecular flexibility index (Phi) is 5.00. The number of anilines is 1. The normalized spacial score (nSPS) is 18.2. The predicted octanol–water partition coefficient (Wildman–Crippen LogP) is 3.39. The van der Waals surface area contributed by atoms with Crippen LogP contribution in [0.2, 0.25) is 0 Å². The lowest BCUT2D eigenvalue weighted by molar-refractivity contribution is -0.137. The van der Waals surface area contributed by atoms with Crippen molar-refractivity contribution in [2.24, 2.45) is 0 Å². The van der Waals surface area contributed by atoms with Crippen molar-refractivity contribution < 1.29 is 32.2 Å². The maximum absolute atomic E-state index is 12.7. The molecule has 2 aromatic rings. The number of nitrogens with zero attached hydrogens (tertiary/aromatic N) is 2. The summed E-state index contributed by atoms with van der Waals surface area (Å²) >= 11 is 0. The van der Waals surface area contributed by atoms with Crippen LogP contribution in [0.3, 0.4) is 0 Å². The highest BCUT2D eigenvalue weighted by atomic mass is 19.4. The number of pyridine rings is 1. The standard InChI is InChI=1S/C20H18F3N3O4/c1-26-15(3-5-17(26)27)19(28)25-14-9-13(8-11-6-7-29-18(11)14)30-16-4-2-12(10-24-16)20(21,22)23/h2,4,8-10,15H,3,5-7H2,1H3,(H,25,28)/t15-/m1/s1. The Bertz CT molecular complexity index is 992. The molecule has 1 N–H and O–H groups in total. The van der Waals surface area contributed by atoms with E-state index in [9.17, 15) is 22.8 Å². The third-order valence-corrected chi connectivity index (χ3v) is 5.10. The van der Waals surface area contributed by atoms with E-state index in [-0.39, 0.29) is 17.7 Å². The maximum atomic E-state index is 12.7. The molecule has 1 atom stereocenters. The largest absolute Gasteiger partial charge is 0.491 e. The second-order valence-corrected chi connectivity index (χ2v) is 7.09. The fourth-order valence-electron chi connectivity index (χ4n) is 3.49. The van der Waals surface area contributed by atoms with Gasteiger partial charge in [0.25, 0.3) is 0 Å². The molecular weight excluding hydrogens is 403 g/mol. The molecule has 2 amide bonds. The second kappa shape index (κ2) is 7.51. The van der Waals surface area contributed by atoms with Crippen molar-refractivity contribution in [3.05, 3.63) is 41.6 Å². The Labute approximate surface area is 169 Å². The van der Waals surface area contributed by atoms with Crippen molar-refractivity contribution in [2.45, 2.75) is 31.5 Å². The van der Waals surface area contributed by atoms with Gasteiger partial charge < -0.3 is 19.7 Å². The van der Waals surface area contributed by atoms with E-state index in [2.05, 4.69) is 10.3 Å². The number of ether oxygens (including phenoxy) is 2. The summed E-state index contributed by atoms with van der Waals surface area (Å²) in [7, 11) is 1.58. The van der Waals surface area contributed by atoms with E-state index in [4.69, 9.17) is 9.47 Å². The van der Waals surface area contributed by atoms with Gasteiger partial charge in [0.05, 0.1) is 17.9 Å². The van der Waals surface area contributed by atoms with Crippen LogP contribution in [0, 0.1) is 0 Å². The Balaban J connectivity index is 1.56. The lowest BCUT2D eigenvalue weighted by atomic mass is 10.1. The highest BCUT2D eigenvalue weighted by molar-refractivity contribution is 6.00. The molecule has 1 aromatic heterocycles. The van der Waals surface area contributed by atoms with Crippen molar-refractivity contribution in [3.63, 3.8) is 0 Å². The molecule has 0 bridgehead atoms. The fourth-order valence-corrected chi connectivity index (χ4v) is 3.49. The third kappa shape index (κ3) is 3.89. The molecule has 1 fully saturated rings. The summed E-state index contributed by atoms with van der Waals surface area (Å²) in [5.41, 5.74) is 0.301. The van der Waals surface area contributed by atoms with Crippen LogP contribution in [0.25, 0.3) is 0 Å². The highest BCUT2D eigenvalue weighted by Gasteiger charge is 2.34. The molecule has 1 aromatic carbocycles. The molecule has 7 nitrogen and oxygen atoms in total. The molecule has 30 heavy (non-hydrogen) atoms. The van der Waals surface area contributed by atoms with Gasteiger partial charge in [0.15, 0.2) is 0 Å². The first-order chi connectivity index (χ1) is 14.2. The molecule has 4 rings (SSSR count). The van der Waals surface area contributed by atoms with E-state index in [0.717, 1.165) is 17.7 Å². The molecule has 3 heterocycles. The zero-order valence-corrected chi connectivity index (χ0v) is 16.0. The van der Waals surface area contributed by atoms with E-state index in [1.165, 1.54) is 11.0 Å². The topological polar surface area (TPSA) is 80.8 Å². The van der Waals surface area contributed by atoms with Crippen LogP contribution in [0.4, 0.5) is 18.9 Å². The van der Waals surface area contributed by atoms with Gasteiger partial charge in [0, 0.05) is 43.8 Å². The van der Waals surface area contributed by atoms with Crippen LogP contribution in [-0.2, 0) is 22.2 Å². The Hall–Kier alpha value is -3.30. The molecule has 0 unspecified atom stereocenters. The first kappa shape index (κ1) is 20.0. The number of hydrogen-bond donors (Lipinski definition) is 1. The van der Waals surface area contributed by atoms with E-state index >= 15 is 0 Å². The van der Waals surface area contributed by atoms with Gasteiger partial charge in [0.1, 0.15) is 17.5 Å². The van der Waals surface area contributed by atoms with Gasteiger partial charge in [-0.15, -0.1) is 0 Å². The average Bonchev–Trinajstić information content (AvgIpc) is 3.28. The van der Waals surface area contributed by atoms with E-state index < -0.39 is 17.8 Å². The van der Waals surface area contributed by atoms with Crippen molar-refractivity contribution in [2.75, 3.05) is 19.0 Å². The summed E-state index contributed by atoms with van der Waals surface area (Å²) < 4.78 is 49.3. The predicted molar refractivity (Wildman–Crippen MR) is 99.4 cm³/mol. The lowest BCUT2D eigenvalue weighted by Crippen LogP contribution is -2.38. The van der Waals surface area contributed by atoms with Crippen molar-refractivity contribution in [1.82, 2.24) is 9.88 Å². The summed E-state index contributed by atoms with van der Waals surface area (Å²) in [4.78, 5) is 29.5. The minimum atomic E-state index is -4.48. The molecule has 0 spiro atoms. The molecule has 0 aliphatic carbocycles. The number of rotatable bonds is 4. The Morgan fingerprint density at radius 1 is 1.30 bits per heavy atom. The molecule has 10 heteroatoms. The SMILES string of the molecule is CN1C(=O)CC[C@@H]1C(=O)Nc1cc(Oc2ccc(C(F)(F)F)cn2)cc2c1OCC2. The van der Waals surface area contributed by atoms with Gasteiger partial charge in [-0.2, -0.15) is 13.2 Å². The first-order valence-corrected chi connectivity index (χ1v) is 9.30. The monoisotopic (exact) mass is 421 g/mol.